The smallest absolute Gasteiger partial charge is 0.339 e. The number of nitrogens with zero attached hydrogens (tertiary/aromatic N) is 1. The number of hydrogen-bond donors (Lipinski definition) is 2. The molecule has 20 heavy (non-hydrogen) atoms. The lowest BCUT2D eigenvalue weighted by molar-refractivity contribution is 0.0697. The average molecular weight is 268 g/mol. The molecule has 1 atom stereocenters. The molecule has 1 unspecified atom stereocenters. The van der Waals surface area contributed by atoms with E-state index in [1.165, 1.54) is 17.3 Å². The molecule has 1 aromatic heterocycles. The second-order valence-electron chi connectivity index (χ2n) is 5.16. The van der Waals surface area contributed by atoms with Crippen LogP contribution in [-0.4, -0.2) is 22.6 Å². The molecule has 102 valence electrons. The molecule has 1 heterocycles. The van der Waals surface area contributed by atoms with Gasteiger partial charge in [0, 0.05) is 24.4 Å². The molecular weight excluding hydrogens is 252 g/mol. The van der Waals surface area contributed by atoms with Crippen molar-refractivity contribution in [2.45, 2.75) is 19.3 Å². The monoisotopic (exact) mass is 268 g/mol. The summed E-state index contributed by atoms with van der Waals surface area (Å²) in [5, 5.41) is 12.4. The predicted octanol–water partition coefficient (Wildman–Crippen LogP) is 2.84. The molecule has 4 nitrogen and oxygen atoms in total. The topological polar surface area (TPSA) is 62.2 Å². The number of aromatic carboxylic acids is 1. The maximum Gasteiger partial charge on any atom is 0.339 e. The number of benzene rings is 1. The third kappa shape index (κ3) is 2.25. The summed E-state index contributed by atoms with van der Waals surface area (Å²) in [7, 11) is 0. The highest BCUT2D eigenvalue weighted by atomic mass is 16.4. The van der Waals surface area contributed by atoms with Crippen LogP contribution in [0, 0.1) is 6.92 Å². The van der Waals surface area contributed by atoms with Gasteiger partial charge < -0.3 is 10.4 Å². The first-order valence-corrected chi connectivity index (χ1v) is 6.67. The number of carbonyl (C=O) groups is 1. The molecule has 0 spiro atoms. The Hall–Kier alpha value is -2.36. The summed E-state index contributed by atoms with van der Waals surface area (Å²) in [6.07, 6.45) is 2.46. The normalized spacial score (nSPS) is 16.1. The van der Waals surface area contributed by atoms with Crippen LogP contribution in [0.5, 0.6) is 0 Å². The standard InChI is InChI=1S/C16H16N2O2/c1-10-6-15(14(9-17-10)16(19)20)18-8-12-7-11-4-2-3-5-13(11)12/h2-6,9,12H,7-8H2,1H3,(H,17,18)(H,19,20). The van der Waals surface area contributed by atoms with Crippen LogP contribution in [0.1, 0.15) is 33.1 Å². The number of anilines is 1. The molecule has 0 bridgehead atoms. The van der Waals surface area contributed by atoms with Crippen molar-refractivity contribution in [3.8, 4) is 0 Å². The lowest BCUT2D eigenvalue weighted by Crippen LogP contribution is -2.24. The largest absolute Gasteiger partial charge is 0.478 e. The minimum absolute atomic E-state index is 0.225. The van der Waals surface area contributed by atoms with Crippen LogP contribution in [0.4, 0.5) is 5.69 Å². The van der Waals surface area contributed by atoms with Gasteiger partial charge in [0.05, 0.1) is 5.69 Å². The van der Waals surface area contributed by atoms with Crippen LogP contribution in [0.2, 0.25) is 0 Å². The Labute approximate surface area is 117 Å². The van der Waals surface area contributed by atoms with Crippen LogP contribution in [0.25, 0.3) is 0 Å². The van der Waals surface area contributed by atoms with Gasteiger partial charge in [0.2, 0.25) is 0 Å². The fraction of sp³-hybridized carbons (Fsp3) is 0.250. The molecular formula is C16H16N2O2. The highest BCUT2D eigenvalue weighted by Crippen LogP contribution is 2.34. The van der Waals surface area contributed by atoms with E-state index in [-0.39, 0.29) is 5.56 Å². The van der Waals surface area contributed by atoms with Gasteiger partial charge in [-0.15, -0.1) is 0 Å². The zero-order chi connectivity index (χ0) is 14.1. The second-order valence-corrected chi connectivity index (χ2v) is 5.16. The van der Waals surface area contributed by atoms with Gasteiger partial charge in [-0.25, -0.2) is 4.79 Å². The molecule has 3 rings (SSSR count). The molecule has 2 aromatic rings. The summed E-state index contributed by atoms with van der Waals surface area (Å²) < 4.78 is 0. The van der Waals surface area contributed by atoms with E-state index in [4.69, 9.17) is 0 Å². The molecule has 2 N–H and O–H groups in total. The first-order valence-electron chi connectivity index (χ1n) is 6.67. The molecule has 0 saturated heterocycles. The van der Waals surface area contributed by atoms with Gasteiger partial charge in [-0.1, -0.05) is 24.3 Å². The van der Waals surface area contributed by atoms with E-state index < -0.39 is 5.97 Å². The number of nitrogens with one attached hydrogen (secondary N) is 1. The zero-order valence-electron chi connectivity index (χ0n) is 11.3. The number of aromatic nitrogens is 1. The van der Waals surface area contributed by atoms with E-state index >= 15 is 0 Å². The summed E-state index contributed by atoms with van der Waals surface area (Å²) >= 11 is 0. The first kappa shape index (κ1) is 12.7. The van der Waals surface area contributed by atoms with Gasteiger partial charge in [-0.2, -0.15) is 0 Å². The van der Waals surface area contributed by atoms with Crippen molar-refractivity contribution < 1.29 is 9.90 Å². The first-order chi connectivity index (χ1) is 9.65. The van der Waals surface area contributed by atoms with Gasteiger partial charge in [-0.3, -0.25) is 4.98 Å². The van der Waals surface area contributed by atoms with Crippen LogP contribution < -0.4 is 5.32 Å². The van der Waals surface area contributed by atoms with E-state index in [0.717, 1.165) is 18.7 Å². The Balaban J connectivity index is 1.74. The van der Waals surface area contributed by atoms with Crippen molar-refractivity contribution in [3.05, 3.63) is 58.9 Å². The quantitative estimate of drug-likeness (QED) is 0.895. The number of hydrogen-bond acceptors (Lipinski definition) is 3. The summed E-state index contributed by atoms with van der Waals surface area (Å²) in [5.41, 5.74) is 4.44. The zero-order valence-corrected chi connectivity index (χ0v) is 11.3. The maximum absolute atomic E-state index is 11.2. The molecule has 0 amide bonds. The van der Waals surface area contributed by atoms with Gasteiger partial charge in [-0.05, 0) is 30.5 Å². The van der Waals surface area contributed by atoms with Crippen molar-refractivity contribution in [2.24, 2.45) is 0 Å². The third-order valence-corrected chi connectivity index (χ3v) is 3.77. The van der Waals surface area contributed by atoms with E-state index in [9.17, 15) is 9.90 Å². The summed E-state index contributed by atoms with van der Waals surface area (Å²) in [5.74, 6) is -0.490. The number of rotatable bonds is 4. The molecule has 4 heteroatoms. The summed E-state index contributed by atoms with van der Waals surface area (Å²) in [6.45, 7) is 2.61. The lowest BCUT2D eigenvalue weighted by atomic mass is 9.77. The Morgan fingerprint density at radius 2 is 2.25 bits per heavy atom. The van der Waals surface area contributed by atoms with Crippen LogP contribution in [-0.2, 0) is 6.42 Å². The van der Waals surface area contributed by atoms with Gasteiger partial charge in [0.25, 0.3) is 0 Å². The SMILES string of the molecule is Cc1cc(NCC2Cc3ccccc32)c(C(=O)O)cn1. The molecule has 0 saturated carbocycles. The second kappa shape index (κ2) is 4.96. The summed E-state index contributed by atoms with van der Waals surface area (Å²) in [6, 6.07) is 10.2. The minimum Gasteiger partial charge on any atom is -0.478 e. The Bertz CT molecular complexity index is 667. The van der Waals surface area contributed by atoms with Crippen molar-refractivity contribution in [2.75, 3.05) is 11.9 Å². The van der Waals surface area contributed by atoms with E-state index in [1.54, 1.807) is 6.07 Å². The summed E-state index contributed by atoms with van der Waals surface area (Å²) in [4.78, 5) is 15.2. The Morgan fingerprint density at radius 1 is 1.45 bits per heavy atom. The highest BCUT2D eigenvalue weighted by molar-refractivity contribution is 5.93. The van der Waals surface area contributed by atoms with Crippen molar-refractivity contribution in [1.82, 2.24) is 4.98 Å². The fourth-order valence-electron chi connectivity index (χ4n) is 2.65. The molecule has 0 fully saturated rings. The number of carboxylic acid groups (broad SMARTS) is 1. The number of aryl methyl sites for hydroxylation is 1. The van der Waals surface area contributed by atoms with Gasteiger partial charge in [0.15, 0.2) is 0 Å². The van der Waals surface area contributed by atoms with E-state index in [0.29, 0.717) is 11.6 Å². The minimum atomic E-state index is -0.950. The van der Waals surface area contributed by atoms with Gasteiger partial charge in [0.1, 0.15) is 5.56 Å². The third-order valence-electron chi connectivity index (χ3n) is 3.77. The molecule has 0 radical (unpaired) electrons. The average Bonchev–Trinajstić information content (AvgIpc) is 2.39. The number of carboxylic acids is 1. The van der Waals surface area contributed by atoms with Crippen molar-refractivity contribution in [1.29, 1.82) is 0 Å². The van der Waals surface area contributed by atoms with Crippen LogP contribution in [0.15, 0.2) is 36.5 Å². The Kier molecular flexibility index (Phi) is 3.14. The van der Waals surface area contributed by atoms with Gasteiger partial charge >= 0.3 is 5.97 Å². The molecule has 1 aliphatic rings. The van der Waals surface area contributed by atoms with Crippen molar-refractivity contribution >= 4 is 11.7 Å². The maximum atomic E-state index is 11.2. The highest BCUT2D eigenvalue weighted by Gasteiger charge is 2.25. The van der Waals surface area contributed by atoms with Crippen molar-refractivity contribution in [3.63, 3.8) is 0 Å². The molecule has 1 aliphatic carbocycles. The number of fused-ring (bicyclic) bond motifs is 1. The van der Waals surface area contributed by atoms with Crippen LogP contribution in [0.3, 0.4) is 0 Å². The van der Waals surface area contributed by atoms with E-state index in [2.05, 4.69) is 28.5 Å². The fourth-order valence-corrected chi connectivity index (χ4v) is 2.65. The van der Waals surface area contributed by atoms with E-state index in [1.807, 2.05) is 13.0 Å². The number of pyridine rings is 1. The predicted molar refractivity (Wildman–Crippen MR) is 77.3 cm³/mol. The van der Waals surface area contributed by atoms with Crippen LogP contribution >= 0.6 is 0 Å². The Morgan fingerprint density at radius 3 is 3.00 bits per heavy atom. The molecule has 1 aromatic carbocycles. The molecule has 0 aliphatic heterocycles. The lowest BCUT2D eigenvalue weighted by Gasteiger charge is -2.30.